The molecule has 180 valence electrons. The maximum Gasteiger partial charge on any atom is 0.270 e. The number of fused-ring (bicyclic) bond motifs is 1. The van der Waals surface area contributed by atoms with Crippen LogP contribution in [0.4, 0.5) is 5.69 Å². The Hall–Kier alpha value is -3.19. The minimum Gasteiger partial charge on any atom is -0.361 e. The molecule has 0 saturated carbocycles. The quantitative estimate of drug-likeness (QED) is 0.360. The van der Waals surface area contributed by atoms with Gasteiger partial charge in [0, 0.05) is 54.7 Å². The summed E-state index contributed by atoms with van der Waals surface area (Å²) in [4.78, 5) is 29.6. The largest absolute Gasteiger partial charge is 0.361 e. The summed E-state index contributed by atoms with van der Waals surface area (Å²) in [5.74, 6) is -0.222. The fraction of sp³-hybridized carbons (Fsp3) is 0.444. The lowest BCUT2D eigenvalue weighted by atomic mass is 9.83. The molecule has 34 heavy (non-hydrogen) atoms. The molecule has 0 spiro atoms. The van der Waals surface area contributed by atoms with Gasteiger partial charge in [0.2, 0.25) is 5.91 Å². The number of aromatic nitrogens is 1. The van der Waals surface area contributed by atoms with Crippen LogP contribution in [0.3, 0.4) is 0 Å². The highest BCUT2D eigenvalue weighted by Gasteiger charge is 2.24. The maximum atomic E-state index is 13.0. The molecule has 1 atom stereocenters. The smallest absolute Gasteiger partial charge is 0.270 e. The lowest BCUT2D eigenvalue weighted by Crippen LogP contribution is -2.34. The minimum atomic E-state index is -0.381. The first kappa shape index (κ1) is 24.0. The third-order valence-corrected chi connectivity index (χ3v) is 6.80. The monoisotopic (exact) mass is 462 g/mol. The molecule has 0 radical (unpaired) electrons. The first-order valence-electron chi connectivity index (χ1n) is 12.1. The fourth-order valence-corrected chi connectivity index (χ4v) is 4.77. The van der Waals surface area contributed by atoms with Crippen LogP contribution in [-0.2, 0) is 10.2 Å². The number of aromatic amines is 1. The van der Waals surface area contributed by atoms with E-state index in [0.29, 0.717) is 6.54 Å². The summed E-state index contributed by atoms with van der Waals surface area (Å²) in [7, 11) is 0. The van der Waals surface area contributed by atoms with E-state index in [2.05, 4.69) is 60.2 Å². The second-order valence-electron chi connectivity index (χ2n) is 10.3. The lowest BCUT2D eigenvalue weighted by Gasteiger charge is -2.22. The number of likely N-dealkylation sites (tertiary alicyclic amines) is 1. The van der Waals surface area contributed by atoms with Crippen molar-refractivity contribution in [2.45, 2.75) is 51.4 Å². The zero-order chi connectivity index (χ0) is 24.3. The number of nitro groups is 1. The van der Waals surface area contributed by atoms with Gasteiger partial charge in [-0.2, -0.15) is 0 Å². The van der Waals surface area contributed by atoms with Gasteiger partial charge in [-0.1, -0.05) is 45.0 Å². The van der Waals surface area contributed by atoms with Crippen LogP contribution in [0.1, 0.15) is 62.6 Å². The van der Waals surface area contributed by atoms with E-state index in [1.807, 2.05) is 6.20 Å². The van der Waals surface area contributed by atoms with Crippen LogP contribution in [0.2, 0.25) is 0 Å². The zero-order valence-electron chi connectivity index (χ0n) is 20.3. The molecule has 0 aliphatic carbocycles. The molecule has 1 aromatic heterocycles. The number of H-pyrrole nitrogens is 1. The fourth-order valence-electron chi connectivity index (χ4n) is 4.77. The molecule has 0 unspecified atom stereocenters. The van der Waals surface area contributed by atoms with Crippen molar-refractivity contribution in [3.63, 3.8) is 0 Å². The number of carbonyl (C=O) groups excluding carboxylic acids is 1. The Morgan fingerprint density at radius 2 is 1.85 bits per heavy atom. The van der Waals surface area contributed by atoms with Gasteiger partial charge in [-0.3, -0.25) is 14.9 Å². The van der Waals surface area contributed by atoms with E-state index in [-0.39, 0.29) is 34.3 Å². The summed E-state index contributed by atoms with van der Waals surface area (Å²) in [6, 6.07) is 13.2. The van der Waals surface area contributed by atoms with Crippen molar-refractivity contribution >= 4 is 22.5 Å². The molecule has 2 heterocycles. The number of amides is 1. The molecule has 4 rings (SSSR count). The van der Waals surface area contributed by atoms with E-state index in [4.69, 9.17) is 0 Å². The minimum absolute atomic E-state index is 0.0103. The van der Waals surface area contributed by atoms with Crippen molar-refractivity contribution in [1.82, 2.24) is 15.2 Å². The molecule has 1 amide bonds. The van der Waals surface area contributed by atoms with Gasteiger partial charge in [0.05, 0.1) is 4.92 Å². The molecule has 1 fully saturated rings. The summed E-state index contributed by atoms with van der Waals surface area (Å²) in [5, 5.41) is 15.2. The Kier molecular flexibility index (Phi) is 7.03. The number of non-ortho nitro benzene ring substituents is 1. The second kappa shape index (κ2) is 9.97. The van der Waals surface area contributed by atoms with Gasteiger partial charge in [0.25, 0.3) is 5.69 Å². The average Bonchev–Trinajstić information content (AvgIpc) is 3.46. The van der Waals surface area contributed by atoms with Crippen LogP contribution in [-0.4, -0.2) is 46.9 Å². The number of rotatable bonds is 8. The Labute approximate surface area is 200 Å². The predicted molar refractivity (Wildman–Crippen MR) is 135 cm³/mol. The van der Waals surface area contributed by atoms with Gasteiger partial charge in [0.15, 0.2) is 0 Å². The molecule has 1 aliphatic heterocycles. The van der Waals surface area contributed by atoms with E-state index in [0.717, 1.165) is 41.7 Å². The Bertz CT molecular complexity index is 1150. The standard InChI is InChI=1S/C27H34N4O3/c1-27(2,3)20-8-6-19(7-9-20)22(17-26(32)28-12-15-30-13-4-5-14-30)24-18-29-25-11-10-21(31(33)34)16-23(24)25/h6-11,16,18,22,29H,4-5,12-15,17H2,1-3H3,(H,28,32)/t22-/m0/s1. The van der Waals surface area contributed by atoms with Crippen molar-refractivity contribution in [3.8, 4) is 0 Å². The number of nitrogens with one attached hydrogen (secondary N) is 2. The highest BCUT2D eigenvalue weighted by molar-refractivity contribution is 5.87. The molecule has 3 aromatic rings. The molecule has 1 aliphatic rings. The summed E-state index contributed by atoms with van der Waals surface area (Å²) >= 11 is 0. The van der Waals surface area contributed by atoms with Crippen molar-refractivity contribution in [2.24, 2.45) is 0 Å². The highest BCUT2D eigenvalue weighted by Crippen LogP contribution is 2.36. The molecular weight excluding hydrogens is 428 g/mol. The summed E-state index contributed by atoms with van der Waals surface area (Å²) in [6.45, 7) is 10.2. The number of hydrogen-bond acceptors (Lipinski definition) is 4. The molecule has 7 nitrogen and oxygen atoms in total. The van der Waals surface area contributed by atoms with E-state index in [9.17, 15) is 14.9 Å². The topological polar surface area (TPSA) is 91.3 Å². The van der Waals surface area contributed by atoms with Crippen molar-refractivity contribution in [1.29, 1.82) is 0 Å². The van der Waals surface area contributed by atoms with Crippen LogP contribution in [0.25, 0.3) is 10.9 Å². The third kappa shape index (κ3) is 5.47. The zero-order valence-corrected chi connectivity index (χ0v) is 20.3. The van der Waals surface area contributed by atoms with Crippen LogP contribution >= 0.6 is 0 Å². The van der Waals surface area contributed by atoms with E-state index >= 15 is 0 Å². The van der Waals surface area contributed by atoms with Gasteiger partial charge >= 0.3 is 0 Å². The summed E-state index contributed by atoms with van der Waals surface area (Å²) in [5.41, 5.74) is 4.05. The molecule has 7 heteroatoms. The number of benzene rings is 2. The Balaban J connectivity index is 1.61. The number of nitrogens with zero attached hydrogens (tertiary/aromatic N) is 2. The van der Waals surface area contributed by atoms with Gasteiger partial charge in [-0.15, -0.1) is 0 Å². The molecule has 2 aromatic carbocycles. The van der Waals surface area contributed by atoms with Crippen molar-refractivity contribution in [2.75, 3.05) is 26.2 Å². The summed E-state index contributed by atoms with van der Waals surface area (Å²) < 4.78 is 0. The van der Waals surface area contributed by atoms with Gasteiger partial charge in [-0.05, 0) is 54.1 Å². The molecule has 0 bridgehead atoms. The van der Waals surface area contributed by atoms with Gasteiger partial charge in [0.1, 0.15) is 0 Å². The van der Waals surface area contributed by atoms with Gasteiger partial charge < -0.3 is 15.2 Å². The molecule has 1 saturated heterocycles. The number of nitro benzene ring substituents is 1. The molecular formula is C27H34N4O3. The first-order valence-corrected chi connectivity index (χ1v) is 12.1. The third-order valence-electron chi connectivity index (χ3n) is 6.80. The average molecular weight is 463 g/mol. The number of carbonyl (C=O) groups is 1. The van der Waals surface area contributed by atoms with Crippen LogP contribution < -0.4 is 5.32 Å². The summed E-state index contributed by atoms with van der Waals surface area (Å²) in [6.07, 6.45) is 4.62. The SMILES string of the molecule is CC(C)(C)c1ccc([C@H](CC(=O)NCCN2CCCC2)c2c[nH]c3ccc([N+](=O)[O-])cc23)cc1. The normalized spacial score (nSPS) is 15.5. The van der Waals surface area contributed by atoms with Gasteiger partial charge in [-0.25, -0.2) is 0 Å². The van der Waals surface area contributed by atoms with E-state index in [1.165, 1.54) is 24.5 Å². The van der Waals surface area contributed by atoms with Crippen LogP contribution in [0.5, 0.6) is 0 Å². The van der Waals surface area contributed by atoms with E-state index < -0.39 is 0 Å². The van der Waals surface area contributed by atoms with Crippen molar-refractivity contribution < 1.29 is 9.72 Å². The maximum absolute atomic E-state index is 13.0. The Morgan fingerprint density at radius 1 is 1.15 bits per heavy atom. The van der Waals surface area contributed by atoms with Crippen LogP contribution in [0, 0.1) is 10.1 Å². The van der Waals surface area contributed by atoms with E-state index in [1.54, 1.807) is 12.1 Å². The Morgan fingerprint density at radius 3 is 2.50 bits per heavy atom. The van der Waals surface area contributed by atoms with Crippen LogP contribution in [0.15, 0.2) is 48.7 Å². The first-order chi connectivity index (χ1) is 16.2. The molecule has 2 N–H and O–H groups in total. The highest BCUT2D eigenvalue weighted by atomic mass is 16.6. The predicted octanol–water partition coefficient (Wildman–Crippen LogP) is 5.11. The lowest BCUT2D eigenvalue weighted by molar-refractivity contribution is -0.384. The number of hydrogen-bond donors (Lipinski definition) is 2. The second-order valence-corrected chi connectivity index (χ2v) is 10.3. The van der Waals surface area contributed by atoms with Crippen molar-refractivity contribution in [3.05, 3.63) is 75.5 Å².